The van der Waals surface area contributed by atoms with Crippen LogP contribution in [0.1, 0.15) is 19.3 Å². The molecule has 0 aliphatic carbocycles. The van der Waals surface area contributed by atoms with E-state index in [1.807, 2.05) is 0 Å². The van der Waals surface area contributed by atoms with Gasteiger partial charge in [0, 0.05) is 25.2 Å². The number of likely N-dealkylation sites (tertiary alicyclic amines) is 1. The fourth-order valence-corrected chi connectivity index (χ4v) is 3.28. The first-order valence-corrected chi connectivity index (χ1v) is 6.06. The van der Waals surface area contributed by atoms with Crippen LogP contribution in [0.2, 0.25) is 0 Å². The molecule has 5 unspecified atom stereocenters. The highest BCUT2D eigenvalue weighted by Gasteiger charge is 2.45. The number of hydrogen-bond acceptors (Lipinski definition) is 4. The Hall–Kier alpha value is -0.650. The van der Waals surface area contributed by atoms with E-state index in [2.05, 4.69) is 5.32 Å². The van der Waals surface area contributed by atoms with Gasteiger partial charge in [0.15, 0.2) is 0 Å². The molecule has 3 aliphatic rings. The number of β-amino-alcohol motifs (C(OH)–C–C–N with tert-alkyl or cyclic N) is 2. The number of nitrogens with one attached hydrogen (secondary N) is 1. The van der Waals surface area contributed by atoms with Gasteiger partial charge in [0.1, 0.15) is 0 Å². The zero-order valence-corrected chi connectivity index (χ0v) is 9.17. The van der Waals surface area contributed by atoms with Gasteiger partial charge in [-0.25, -0.2) is 0 Å². The Morgan fingerprint density at radius 1 is 1.19 bits per heavy atom. The third kappa shape index (κ3) is 1.54. The predicted octanol–water partition coefficient (Wildman–Crippen LogP) is -1.31. The molecular formula is C11H18N2O3. The van der Waals surface area contributed by atoms with Crippen LogP contribution in [0.25, 0.3) is 0 Å². The number of fused-ring (bicyclic) bond motifs is 2. The van der Waals surface area contributed by atoms with Crippen molar-refractivity contribution in [2.45, 2.75) is 43.6 Å². The van der Waals surface area contributed by atoms with Gasteiger partial charge in [0.05, 0.1) is 18.1 Å². The van der Waals surface area contributed by atoms with Crippen molar-refractivity contribution in [2.24, 2.45) is 5.92 Å². The highest BCUT2D eigenvalue weighted by molar-refractivity contribution is 5.80. The van der Waals surface area contributed by atoms with Gasteiger partial charge in [-0.1, -0.05) is 0 Å². The highest BCUT2D eigenvalue weighted by Crippen LogP contribution is 2.34. The van der Waals surface area contributed by atoms with Gasteiger partial charge in [-0.3, -0.25) is 4.79 Å². The fourth-order valence-electron chi connectivity index (χ4n) is 3.28. The first-order valence-electron chi connectivity index (χ1n) is 6.06. The Balaban J connectivity index is 1.66. The Morgan fingerprint density at radius 3 is 2.38 bits per heavy atom. The molecule has 0 aromatic heterocycles. The van der Waals surface area contributed by atoms with Crippen molar-refractivity contribution >= 4 is 5.91 Å². The van der Waals surface area contributed by atoms with Crippen molar-refractivity contribution in [2.75, 3.05) is 13.1 Å². The summed E-state index contributed by atoms with van der Waals surface area (Å²) in [7, 11) is 0. The summed E-state index contributed by atoms with van der Waals surface area (Å²) in [6.45, 7) is 0.571. The first-order chi connectivity index (χ1) is 7.65. The molecule has 0 saturated carbocycles. The van der Waals surface area contributed by atoms with Gasteiger partial charge in [-0.15, -0.1) is 0 Å². The van der Waals surface area contributed by atoms with Crippen molar-refractivity contribution in [1.29, 1.82) is 0 Å². The van der Waals surface area contributed by atoms with E-state index in [9.17, 15) is 15.0 Å². The third-order valence-corrected chi connectivity index (χ3v) is 4.19. The lowest BCUT2D eigenvalue weighted by Crippen LogP contribution is -2.40. The third-order valence-electron chi connectivity index (χ3n) is 4.19. The second-order valence-electron chi connectivity index (χ2n) is 5.27. The molecule has 0 radical (unpaired) electrons. The smallest absolute Gasteiger partial charge is 0.227 e. The molecule has 5 nitrogen and oxygen atoms in total. The van der Waals surface area contributed by atoms with Crippen LogP contribution in [-0.4, -0.2) is 58.4 Å². The van der Waals surface area contributed by atoms with Crippen molar-refractivity contribution in [3.63, 3.8) is 0 Å². The van der Waals surface area contributed by atoms with Crippen molar-refractivity contribution in [3.05, 3.63) is 0 Å². The van der Waals surface area contributed by atoms with Gasteiger partial charge < -0.3 is 20.4 Å². The zero-order valence-electron chi connectivity index (χ0n) is 9.17. The molecule has 0 aromatic rings. The number of rotatable bonds is 1. The minimum atomic E-state index is -0.768. The summed E-state index contributed by atoms with van der Waals surface area (Å²) in [5, 5.41) is 22.3. The van der Waals surface area contributed by atoms with E-state index in [0.29, 0.717) is 12.1 Å². The van der Waals surface area contributed by atoms with E-state index in [1.165, 1.54) is 6.42 Å². The maximum absolute atomic E-state index is 12.2. The quantitative estimate of drug-likeness (QED) is 0.519. The van der Waals surface area contributed by atoms with E-state index in [4.69, 9.17) is 0 Å². The SMILES string of the molecule is O=C(C1CC2CCC1N2)N1CC(O)C(O)C1. The van der Waals surface area contributed by atoms with E-state index in [0.717, 1.165) is 12.8 Å². The summed E-state index contributed by atoms with van der Waals surface area (Å²) in [5.41, 5.74) is 0. The van der Waals surface area contributed by atoms with E-state index in [-0.39, 0.29) is 24.9 Å². The summed E-state index contributed by atoms with van der Waals surface area (Å²) in [6.07, 6.45) is 1.65. The first kappa shape index (κ1) is 10.5. The van der Waals surface area contributed by atoms with Crippen LogP contribution in [-0.2, 0) is 4.79 Å². The fraction of sp³-hybridized carbons (Fsp3) is 0.909. The maximum atomic E-state index is 12.2. The lowest BCUT2D eigenvalue weighted by molar-refractivity contribution is -0.135. The van der Waals surface area contributed by atoms with E-state index < -0.39 is 12.2 Å². The molecule has 5 heteroatoms. The monoisotopic (exact) mass is 226 g/mol. The second kappa shape index (κ2) is 3.68. The number of aliphatic hydroxyl groups excluding tert-OH is 2. The molecule has 0 aromatic carbocycles. The number of aliphatic hydroxyl groups is 2. The Bertz CT molecular complexity index is 300. The summed E-state index contributed by atoms with van der Waals surface area (Å²) < 4.78 is 0. The van der Waals surface area contributed by atoms with Crippen molar-refractivity contribution in [1.82, 2.24) is 10.2 Å². The molecule has 3 aliphatic heterocycles. The number of nitrogens with zero attached hydrogens (tertiary/aromatic N) is 1. The van der Waals surface area contributed by atoms with Crippen molar-refractivity contribution < 1.29 is 15.0 Å². The minimum Gasteiger partial charge on any atom is -0.388 e. The highest BCUT2D eigenvalue weighted by atomic mass is 16.3. The standard InChI is InChI=1S/C11H18N2O3/c14-9-4-13(5-10(9)15)11(16)7-3-6-1-2-8(7)12-6/h6-10,12,14-15H,1-5H2. The van der Waals surface area contributed by atoms with Crippen LogP contribution in [0.3, 0.4) is 0 Å². The lowest BCUT2D eigenvalue weighted by atomic mass is 9.88. The van der Waals surface area contributed by atoms with Crippen LogP contribution in [0.4, 0.5) is 0 Å². The second-order valence-corrected chi connectivity index (χ2v) is 5.27. The molecular weight excluding hydrogens is 208 g/mol. The largest absolute Gasteiger partial charge is 0.388 e. The number of carbonyl (C=O) groups is 1. The van der Waals surface area contributed by atoms with Crippen LogP contribution in [0, 0.1) is 5.92 Å². The summed E-state index contributed by atoms with van der Waals surface area (Å²) >= 11 is 0. The van der Waals surface area contributed by atoms with Gasteiger partial charge >= 0.3 is 0 Å². The Labute approximate surface area is 94.4 Å². The Morgan fingerprint density at radius 2 is 1.88 bits per heavy atom. The average Bonchev–Trinajstić information content (AvgIpc) is 2.94. The topological polar surface area (TPSA) is 72.8 Å². The summed E-state index contributed by atoms with van der Waals surface area (Å²) in [5.74, 6) is 0.173. The van der Waals surface area contributed by atoms with Gasteiger partial charge in [0.25, 0.3) is 0 Å². The molecule has 90 valence electrons. The summed E-state index contributed by atoms with van der Waals surface area (Å²) in [4.78, 5) is 13.8. The number of carbonyl (C=O) groups excluding carboxylic acids is 1. The molecule has 3 rings (SSSR count). The Kier molecular flexibility index (Phi) is 2.42. The van der Waals surface area contributed by atoms with Gasteiger partial charge in [0.2, 0.25) is 5.91 Å². The molecule has 3 heterocycles. The molecule has 1 amide bonds. The van der Waals surface area contributed by atoms with Crippen LogP contribution >= 0.6 is 0 Å². The minimum absolute atomic E-state index is 0.0660. The molecule has 3 N–H and O–H groups in total. The normalized spacial score (nSPS) is 46.6. The van der Waals surface area contributed by atoms with Crippen LogP contribution in [0.5, 0.6) is 0 Å². The molecule has 3 fully saturated rings. The van der Waals surface area contributed by atoms with Crippen LogP contribution in [0.15, 0.2) is 0 Å². The maximum Gasteiger partial charge on any atom is 0.227 e. The van der Waals surface area contributed by atoms with Gasteiger partial charge in [-0.2, -0.15) is 0 Å². The van der Waals surface area contributed by atoms with E-state index in [1.54, 1.807) is 4.90 Å². The lowest BCUT2D eigenvalue weighted by Gasteiger charge is -2.25. The molecule has 2 bridgehead atoms. The molecule has 3 saturated heterocycles. The van der Waals surface area contributed by atoms with Gasteiger partial charge in [-0.05, 0) is 19.3 Å². The number of hydrogen-bond donors (Lipinski definition) is 3. The zero-order chi connectivity index (χ0) is 11.3. The van der Waals surface area contributed by atoms with E-state index >= 15 is 0 Å². The molecule has 5 atom stereocenters. The average molecular weight is 226 g/mol. The summed E-state index contributed by atoms with van der Waals surface area (Å²) in [6, 6.07) is 0.837. The number of amides is 1. The molecule has 16 heavy (non-hydrogen) atoms. The molecule has 0 spiro atoms. The van der Waals surface area contributed by atoms with Crippen LogP contribution < -0.4 is 5.32 Å². The predicted molar refractivity (Wildman–Crippen MR) is 56.6 cm³/mol. The van der Waals surface area contributed by atoms with Crippen molar-refractivity contribution in [3.8, 4) is 0 Å².